The van der Waals surface area contributed by atoms with Crippen molar-refractivity contribution in [3.05, 3.63) is 103 Å². The van der Waals surface area contributed by atoms with E-state index in [0.29, 0.717) is 33.5 Å². The molecule has 0 spiro atoms. The number of H-pyrrole nitrogens is 1. The molecule has 8 rings (SSSR count). The Hall–Kier alpha value is -4.07. The van der Waals surface area contributed by atoms with Gasteiger partial charge in [0.05, 0.1) is 28.1 Å². The highest BCUT2D eigenvalue weighted by molar-refractivity contribution is 8.00. The van der Waals surface area contributed by atoms with Crippen molar-refractivity contribution in [2.75, 3.05) is 16.8 Å². The van der Waals surface area contributed by atoms with E-state index in [-0.39, 0.29) is 40.4 Å². The quantitative estimate of drug-likeness (QED) is 0.205. The van der Waals surface area contributed by atoms with Crippen LogP contribution in [0, 0.1) is 36.5 Å². The maximum absolute atomic E-state index is 14.1. The molecule has 14 heteroatoms. The van der Waals surface area contributed by atoms with Gasteiger partial charge in [0.15, 0.2) is 6.61 Å². The third-order valence-electron chi connectivity index (χ3n) is 10.3. The summed E-state index contributed by atoms with van der Waals surface area (Å²) in [4.78, 5) is 57.9. The van der Waals surface area contributed by atoms with Crippen LogP contribution in [-0.4, -0.2) is 34.6 Å². The first kappa shape index (κ1) is 32.2. The Kier molecular flexibility index (Phi) is 7.72. The Bertz CT molecular complexity index is 2100. The number of carbonyl (C=O) groups excluding carboxylic acids is 3. The van der Waals surface area contributed by atoms with E-state index < -0.39 is 47.0 Å². The minimum Gasteiger partial charge on any atom is -0.483 e. The van der Waals surface area contributed by atoms with Crippen LogP contribution < -0.4 is 19.8 Å². The lowest BCUT2D eigenvalue weighted by molar-refractivity contribution is -0.137. The number of rotatable bonds is 6. The molecular weight excluding hydrogens is 699 g/mol. The number of hydrogen-bond donors (Lipinski definition) is 2. The van der Waals surface area contributed by atoms with Gasteiger partial charge in [-0.05, 0) is 73.1 Å². The Balaban J connectivity index is 1.15. The summed E-state index contributed by atoms with van der Waals surface area (Å²) in [6.07, 6.45) is -4.22. The molecule has 3 amide bonds. The van der Waals surface area contributed by atoms with Crippen LogP contribution in [0.15, 0.2) is 76.6 Å². The molecule has 4 aromatic rings. The number of imide groups is 1. The fourth-order valence-electron chi connectivity index (χ4n) is 8.45. The molecule has 4 aliphatic rings. The predicted octanol–water partition coefficient (Wildman–Crippen LogP) is 7.11. The zero-order valence-corrected chi connectivity index (χ0v) is 28.0. The second-order valence-electron chi connectivity index (χ2n) is 12.8. The number of amides is 3. The summed E-state index contributed by atoms with van der Waals surface area (Å²) < 4.78 is 48.2. The smallest absolute Gasteiger partial charge is 0.418 e. The van der Waals surface area contributed by atoms with Crippen LogP contribution in [0.2, 0.25) is 5.02 Å². The van der Waals surface area contributed by atoms with E-state index in [1.807, 2.05) is 25.1 Å². The third-order valence-corrected chi connectivity index (χ3v) is 13.1. The van der Waals surface area contributed by atoms with Crippen LogP contribution in [0.5, 0.6) is 5.75 Å². The Morgan fingerprint density at radius 1 is 1.02 bits per heavy atom. The number of aromatic nitrogens is 1. The van der Waals surface area contributed by atoms with Crippen LogP contribution in [0.1, 0.15) is 33.9 Å². The summed E-state index contributed by atoms with van der Waals surface area (Å²) in [5.41, 5.74) is 0.673. The lowest BCUT2D eigenvalue weighted by Gasteiger charge is -2.43. The number of aryl methyl sites for hydroxylation is 1. The fraction of sp³-hybridized carbons (Fsp3) is 0.314. The molecule has 3 fully saturated rings. The van der Waals surface area contributed by atoms with Crippen molar-refractivity contribution in [3.8, 4) is 5.75 Å². The van der Waals surface area contributed by atoms with Crippen LogP contribution in [-0.2, 0) is 20.6 Å². The Morgan fingerprint density at radius 2 is 1.73 bits per heavy atom. The van der Waals surface area contributed by atoms with Gasteiger partial charge < -0.3 is 15.0 Å². The molecule has 2 N–H and O–H groups in total. The molecule has 7 atom stereocenters. The maximum Gasteiger partial charge on any atom is 0.418 e. The SMILES string of the molecule is Cc1ccccc1NC(=O)COc1ccc(Cl)cc1[C@@H]1c2sc(=O)[nH]c2S[C@@H]2[C@@H]3C[C@@H]([C@@H]4C(=O)N(c5ccccc5C(F)(F)F)C(=O)[C@@H]34)[C@H]12. The molecule has 3 heterocycles. The number of aromatic amines is 1. The minimum atomic E-state index is -4.76. The Labute approximate surface area is 291 Å². The van der Waals surface area contributed by atoms with Crippen molar-refractivity contribution in [3.63, 3.8) is 0 Å². The molecule has 1 saturated heterocycles. The second kappa shape index (κ2) is 11.8. The normalized spacial score (nSPS) is 26.8. The van der Waals surface area contributed by atoms with E-state index in [9.17, 15) is 32.3 Å². The first-order valence-electron chi connectivity index (χ1n) is 15.6. The molecule has 1 aromatic heterocycles. The molecular formula is C35H27ClF3N3O5S2. The van der Waals surface area contributed by atoms with Gasteiger partial charge in [-0.15, -0.1) is 11.8 Å². The molecule has 49 heavy (non-hydrogen) atoms. The van der Waals surface area contributed by atoms with E-state index in [1.165, 1.54) is 30.0 Å². The molecule has 0 radical (unpaired) electrons. The number of nitrogens with one attached hydrogen (secondary N) is 2. The van der Waals surface area contributed by atoms with Crippen molar-refractivity contribution in [1.29, 1.82) is 0 Å². The highest BCUT2D eigenvalue weighted by Crippen LogP contribution is 2.69. The van der Waals surface area contributed by atoms with Crippen LogP contribution in [0.3, 0.4) is 0 Å². The molecule has 2 aliphatic carbocycles. The largest absolute Gasteiger partial charge is 0.483 e. The number of para-hydroxylation sites is 2. The van der Waals surface area contributed by atoms with Crippen LogP contribution in [0.4, 0.5) is 24.5 Å². The summed E-state index contributed by atoms with van der Waals surface area (Å²) in [5.74, 6) is -4.29. The van der Waals surface area contributed by atoms with Gasteiger partial charge in [-0.2, -0.15) is 13.2 Å². The average molecular weight is 726 g/mol. The van der Waals surface area contributed by atoms with E-state index in [4.69, 9.17) is 16.3 Å². The zero-order chi connectivity index (χ0) is 34.4. The van der Waals surface area contributed by atoms with Gasteiger partial charge in [-0.3, -0.25) is 19.2 Å². The number of carbonyl (C=O) groups is 3. The van der Waals surface area contributed by atoms with Crippen molar-refractivity contribution >= 4 is 63.8 Å². The number of ether oxygens (including phenoxy) is 1. The van der Waals surface area contributed by atoms with E-state index >= 15 is 0 Å². The van der Waals surface area contributed by atoms with Crippen molar-refractivity contribution < 1.29 is 32.3 Å². The van der Waals surface area contributed by atoms with Crippen molar-refractivity contribution in [2.24, 2.45) is 29.6 Å². The summed E-state index contributed by atoms with van der Waals surface area (Å²) in [6.45, 7) is 1.56. The first-order valence-corrected chi connectivity index (χ1v) is 17.7. The minimum absolute atomic E-state index is 0.222. The average Bonchev–Trinajstić information content (AvgIpc) is 3.80. The molecule has 2 bridgehead atoms. The highest BCUT2D eigenvalue weighted by atomic mass is 35.5. The van der Waals surface area contributed by atoms with Gasteiger partial charge in [0.1, 0.15) is 5.75 Å². The van der Waals surface area contributed by atoms with Crippen LogP contribution >= 0.6 is 34.7 Å². The van der Waals surface area contributed by atoms with Crippen molar-refractivity contribution in [2.45, 2.75) is 35.7 Å². The summed E-state index contributed by atoms with van der Waals surface area (Å²) in [7, 11) is 0. The van der Waals surface area contributed by atoms with E-state index in [1.54, 1.807) is 24.3 Å². The lowest BCUT2D eigenvalue weighted by atomic mass is 9.68. The summed E-state index contributed by atoms with van der Waals surface area (Å²) in [5, 5.41) is 3.67. The monoisotopic (exact) mass is 725 g/mol. The molecule has 8 nitrogen and oxygen atoms in total. The third kappa shape index (κ3) is 5.20. The fourth-order valence-corrected chi connectivity index (χ4v) is 11.5. The number of hydrogen-bond acceptors (Lipinski definition) is 7. The number of thioether (sulfide) groups is 1. The highest BCUT2D eigenvalue weighted by Gasteiger charge is 2.70. The number of benzene rings is 3. The summed E-state index contributed by atoms with van der Waals surface area (Å²) >= 11 is 9.04. The van der Waals surface area contributed by atoms with Gasteiger partial charge in [0, 0.05) is 32.3 Å². The molecule has 3 aromatic carbocycles. The van der Waals surface area contributed by atoms with Gasteiger partial charge >= 0.3 is 11.0 Å². The molecule has 0 unspecified atom stereocenters. The standard InChI is InChI=1S/C35H27ClF3N3O5S2/c1-15-6-2-4-8-21(15)40-24(43)14-47-23-11-10-16(36)12-17(23)25-26-18-13-19(29(26)48-31-30(25)49-34(46)41-31)28-27(18)32(44)42(33(28)45)22-9-5-3-7-20(22)35(37,38)39/h2-12,18-19,25-29H,13-14H2,1H3,(H,40,43)(H,41,46)/t18-,19-,25+,26-,27+,28+,29-/m1/s1. The van der Waals surface area contributed by atoms with Gasteiger partial charge in [-0.1, -0.05) is 53.3 Å². The number of nitrogens with zero attached hydrogens (tertiary/aromatic N) is 1. The zero-order valence-electron chi connectivity index (χ0n) is 25.6. The van der Waals surface area contributed by atoms with Crippen LogP contribution in [0.25, 0.3) is 0 Å². The number of halogens is 4. The predicted molar refractivity (Wildman–Crippen MR) is 179 cm³/mol. The van der Waals surface area contributed by atoms with Crippen molar-refractivity contribution in [1.82, 2.24) is 4.98 Å². The lowest BCUT2D eigenvalue weighted by Crippen LogP contribution is -2.42. The van der Waals surface area contributed by atoms with Gasteiger partial charge in [0.2, 0.25) is 11.8 Å². The topological polar surface area (TPSA) is 109 Å². The van der Waals surface area contributed by atoms with E-state index in [2.05, 4.69) is 10.3 Å². The van der Waals surface area contributed by atoms with E-state index in [0.717, 1.165) is 32.7 Å². The van der Waals surface area contributed by atoms with Gasteiger partial charge in [-0.25, -0.2) is 4.90 Å². The molecule has 252 valence electrons. The molecule has 2 aliphatic heterocycles. The number of fused-ring (bicyclic) bond motifs is 9. The molecule has 2 saturated carbocycles. The number of thiazole rings is 1. The Morgan fingerprint density at radius 3 is 2.49 bits per heavy atom. The summed E-state index contributed by atoms with van der Waals surface area (Å²) in [6, 6.07) is 17.0. The maximum atomic E-state index is 14.1. The first-order chi connectivity index (χ1) is 23.4. The number of alkyl halides is 3. The number of anilines is 2. The second-order valence-corrected chi connectivity index (χ2v) is 15.5. The van der Waals surface area contributed by atoms with Gasteiger partial charge in [0.25, 0.3) is 5.91 Å².